The van der Waals surface area contributed by atoms with E-state index in [4.69, 9.17) is 0 Å². The zero-order chi connectivity index (χ0) is 34.4. The highest BCUT2D eigenvalue weighted by atomic mass is 32.2. The minimum atomic E-state index is -6.17. The number of allylic oxidation sites excluding steroid dienone is 2. The number of rotatable bonds is 8. The van der Waals surface area contributed by atoms with Crippen LogP contribution in [0.1, 0.15) is 18.1 Å². The average molecular weight is 704 g/mol. The molecule has 0 aliphatic heterocycles. The summed E-state index contributed by atoms with van der Waals surface area (Å²) in [4.78, 5) is -5.14. The van der Waals surface area contributed by atoms with E-state index in [9.17, 15) is 73.9 Å². The first-order chi connectivity index (χ1) is 20.6. The second-order valence-corrected chi connectivity index (χ2v) is 11.1. The zero-order valence-corrected chi connectivity index (χ0v) is 22.8. The highest BCUT2D eigenvalue weighted by Crippen LogP contribution is 2.38. The third-order valence-corrected chi connectivity index (χ3v) is 7.69. The lowest BCUT2D eigenvalue weighted by Gasteiger charge is -2.16. The summed E-state index contributed by atoms with van der Waals surface area (Å²) >= 11 is 0. The van der Waals surface area contributed by atoms with Crippen molar-refractivity contribution in [2.24, 2.45) is 0 Å². The van der Waals surface area contributed by atoms with Gasteiger partial charge in [0.25, 0.3) is 0 Å². The van der Waals surface area contributed by atoms with E-state index in [1.807, 2.05) is 0 Å². The van der Waals surface area contributed by atoms with E-state index in [0.717, 1.165) is 19.1 Å². The Labute approximate surface area is 242 Å². The van der Waals surface area contributed by atoms with E-state index in [1.165, 1.54) is 0 Å². The van der Waals surface area contributed by atoms with Crippen molar-refractivity contribution in [2.75, 3.05) is 0 Å². The first-order valence-corrected chi connectivity index (χ1v) is 13.9. The van der Waals surface area contributed by atoms with Crippen molar-refractivity contribution in [3.8, 4) is 11.5 Å². The van der Waals surface area contributed by atoms with Crippen LogP contribution in [0.2, 0.25) is 0 Å². The quantitative estimate of drug-likeness (QED) is 0.107. The van der Waals surface area contributed by atoms with Crippen molar-refractivity contribution in [1.82, 2.24) is 0 Å². The second kappa shape index (κ2) is 12.3. The summed E-state index contributed by atoms with van der Waals surface area (Å²) in [6.07, 6.45) is -4.29. The Morgan fingerprint density at radius 2 is 0.822 bits per heavy atom. The lowest BCUT2D eigenvalue weighted by molar-refractivity contribution is -0.0790. The normalized spacial score (nSPS) is 12.8. The molecule has 21 heteroatoms. The van der Waals surface area contributed by atoms with Gasteiger partial charge in [0.1, 0.15) is 0 Å². The molecule has 0 heterocycles. The maximum atomic E-state index is 14.2. The molecular weight excluding hydrogens is 695 g/mol. The molecule has 0 atom stereocenters. The Morgan fingerprint density at radius 1 is 0.533 bits per heavy atom. The van der Waals surface area contributed by atoms with E-state index >= 15 is 0 Å². The summed E-state index contributed by atoms with van der Waals surface area (Å²) in [6, 6.07) is 0.383. The molecule has 3 aromatic carbocycles. The Kier molecular flexibility index (Phi) is 9.59. The fraction of sp³-hybridized carbons (Fsp3) is 0.0833. The fourth-order valence-corrected chi connectivity index (χ4v) is 5.45. The smallest absolute Gasteiger partial charge is 0.378 e. The lowest BCUT2D eigenvalue weighted by atomic mass is 10.1. The SMILES string of the molecule is C/C=C/c1cc(OS(=O)(=O)c2c(F)c(F)c(F)c(F)c2F)c(/C=C/C(F)(F)F)cc1OS(=O)(=O)c1c(F)c(F)c(F)c(F)c1F. The summed E-state index contributed by atoms with van der Waals surface area (Å²) in [5.74, 6) is -31.0. The van der Waals surface area contributed by atoms with Crippen LogP contribution in [0.5, 0.6) is 11.5 Å². The molecule has 0 unspecified atom stereocenters. The molecule has 0 amide bonds. The molecule has 3 aromatic rings. The Morgan fingerprint density at radius 3 is 1.11 bits per heavy atom. The van der Waals surface area contributed by atoms with Gasteiger partial charge < -0.3 is 8.37 Å². The van der Waals surface area contributed by atoms with Gasteiger partial charge in [0.15, 0.2) is 67.8 Å². The van der Waals surface area contributed by atoms with Crippen LogP contribution in [0.3, 0.4) is 0 Å². The van der Waals surface area contributed by atoms with Gasteiger partial charge in [0, 0.05) is 17.2 Å². The highest BCUT2D eigenvalue weighted by Gasteiger charge is 2.37. The first-order valence-electron chi connectivity index (χ1n) is 11.0. The highest BCUT2D eigenvalue weighted by molar-refractivity contribution is 7.87. The van der Waals surface area contributed by atoms with Crippen LogP contribution < -0.4 is 8.37 Å². The van der Waals surface area contributed by atoms with E-state index in [-0.39, 0.29) is 18.2 Å². The first kappa shape index (κ1) is 35.2. The topological polar surface area (TPSA) is 86.7 Å². The van der Waals surface area contributed by atoms with Crippen LogP contribution in [-0.4, -0.2) is 23.0 Å². The molecule has 45 heavy (non-hydrogen) atoms. The average Bonchev–Trinajstić information content (AvgIpc) is 2.92. The largest absolute Gasteiger partial charge is 0.409 e. The molecule has 244 valence electrons. The van der Waals surface area contributed by atoms with E-state index in [0.29, 0.717) is 0 Å². The minimum Gasteiger partial charge on any atom is -0.378 e. The fourth-order valence-electron chi connectivity index (χ4n) is 3.29. The summed E-state index contributed by atoms with van der Waals surface area (Å²) in [5, 5.41) is 0. The zero-order valence-electron chi connectivity index (χ0n) is 21.1. The molecule has 0 radical (unpaired) electrons. The molecule has 0 bridgehead atoms. The molecule has 0 aliphatic rings. The van der Waals surface area contributed by atoms with Crippen LogP contribution in [0.4, 0.5) is 57.1 Å². The van der Waals surface area contributed by atoms with Crippen LogP contribution >= 0.6 is 0 Å². The molecule has 0 saturated heterocycles. The van der Waals surface area contributed by atoms with Crippen molar-refractivity contribution in [1.29, 1.82) is 0 Å². The third-order valence-electron chi connectivity index (χ3n) is 5.18. The molecule has 0 N–H and O–H groups in total. The molecule has 6 nitrogen and oxygen atoms in total. The standard InChI is InChI=1S/C24H9F13O6S2/c1-2-3-8-6-11(43-45(40,41)23-20(33)16(29)13(26)17(30)21(23)34)9(4-5-24(35,36)37)7-10(8)42-44(38,39)22-18(31)14(27)12(25)15(28)19(22)32/h2-7H,1H3/b3-2+,5-4+. The number of benzene rings is 3. The predicted molar refractivity (Wildman–Crippen MR) is 124 cm³/mol. The monoisotopic (exact) mass is 704 g/mol. The second-order valence-electron chi connectivity index (χ2n) is 8.18. The molecule has 0 fully saturated rings. The minimum absolute atomic E-state index is 0.0965. The van der Waals surface area contributed by atoms with Crippen molar-refractivity contribution < 1.29 is 82.3 Å². The van der Waals surface area contributed by atoms with E-state index < -0.39 is 123 Å². The van der Waals surface area contributed by atoms with E-state index in [2.05, 4.69) is 8.37 Å². The summed E-state index contributed by atoms with van der Waals surface area (Å²) < 4.78 is 236. The molecule has 0 spiro atoms. The molecular formula is C24H9F13O6S2. The Balaban J connectivity index is 2.30. The predicted octanol–water partition coefficient (Wildman–Crippen LogP) is 7.22. The van der Waals surface area contributed by atoms with Crippen molar-refractivity contribution >= 4 is 32.4 Å². The van der Waals surface area contributed by atoms with Crippen molar-refractivity contribution in [3.63, 3.8) is 0 Å². The summed E-state index contributed by atoms with van der Waals surface area (Å²) in [5.41, 5.74) is -2.08. The number of hydrogen-bond donors (Lipinski definition) is 0. The molecule has 0 saturated carbocycles. The third kappa shape index (κ3) is 6.87. The number of alkyl halides is 3. The molecule has 0 aliphatic carbocycles. The van der Waals surface area contributed by atoms with Gasteiger partial charge in [-0.15, -0.1) is 0 Å². The van der Waals surface area contributed by atoms with E-state index in [1.54, 1.807) is 0 Å². The van der Waals surface area contributed by atoms with Crippen LogP contribution in [0.15, 0.2) is 34.1 Å². The summed E-state index contributed by atoms with van der Waals surface area (Å²) in [6.45, 7) is 1.16. The van der Waals surface area contributed by atoms with Gasteiger partial charge in [-0.2, -0.15) is 30.0 Å². The van der Waals surface area contributed by atoms with Crippen molar-refractivity contribution in [2.45, 2.75) is 22.9 Å². The lowest BCUT2D eigenvalue weighted by Crippen LogP contribution is -2.19. The van der Waals surface area contributed by atoms with Gasteiger partial charge in [-0.3, -0.25) is 0 Å². The van der Waals surface area contributed by atoms with Gasteiger partial charge in [0.05, 0.1) is 0 Å². The van der Waals surface area contributed by atoms with Gasteiger partial charge in [-0.05, 0) is 25.1 Å². The van der Waals surface area contributed by atoms with Crippen molar-refractivity contribution in [3.05, 3.63) is 93.6 Å². The van der Waals surface area contributed by atoms with Crippen LogP contribution in [-0.2, 0) is 20.2 Å². The van der Waals surface area contributed by atoms with Gasteiger partial charge in [0.2, 0.25) is 11.6 Å². The van der Waals surface area contributed by atoms with Gasteiger partial charge in [-0.1, -0.05) is 12.2 Å². The van der Waals surface area contributed by atoms with Gasteiger partial charge in [-0.25, -0.2) is 43.9 Å². The Hall–Kier alpha value is -4.27. The van der Waals surface area contributed by atoms with Gasteiger partial charge >= 0.3 is 26.4 Å². The summed E-state index contributed by atoms with van der Waals surface area (Å²) in [7, 11) is -12.3. The molecule has 0 aromatic heterocycles. The Bertz CT molecular complexity index is 1930. The van der Waals surface area contributed by atoms with Crippen LogP contribution in [0.25, 0.3) is 12.2 Å². The number of hydrogen-bond acceptors (Lipinski definition) is 6. The number of halogens is 13. The maximum absolute atomic E-state index is 14.2. The van der Waals surface area contributed by atoms with Crippen LogP contribution in [0, 0.1) is 58.2 Å². The maximum Gasteiger partial charge on any atom is 0.409 e. The molecule has 3 rings (SSSR count).